The molecule has 1 N–H and O–H groups in total. The first-order chi connectivity index (χ1) is 7.68. The van der Waals surface area contributed by atoms with Crippen molar-refractivity contribution in [1.29, 1.82) is 0 Å². The zero-order valence-electron chi connectivity index (χ0n) is 10.4. The van der Waals surface area contributed by atoms with Crippen molar-refractivity contribution in [2.45, 2.75) is 26.3 Å². The topological polar surface area (TPSA) is 35.6 Å². The van der Waals surface area contributed by atoms with Crippen LogP contribution in [0.1, 0.15) is 20.3 Å². The van der Waals surface area contributed by atoms with Gasteiger partial charge in [0.2, 0.25) is 5.91 Å². The molecule has 2 heterocycles. The molecule has 2 aliphatic rings. The third kappa shape index (κ3) is 2.55. The smallest absolute Gasteiger partial charge is 0.219 e. The van der Waals surface area contributed by atoms with Gasteiger partial charge in [-0.15, -0.1) is 0 Å². The molecule has 2 saturated heterocycles. The second-order valence-corrected chi connectivity index (χ2v) is 5.10. The van der Waals surface area contributed by atoms with Gasteiger partial charge in [-0.05, 0) is 18.9 Å². The summed E-state index contributed by atoms with van der Waals surface area (Å²) in [4.78, 5) is 15.9. The summed E-state index contributed by atoms with van der Waals surface area (Å²) < 4.78 is 0. The minimum atomic E-state index is 0.222. The van der Waals surface area contributed by atoms with Gasteiger partial charge in [0, 0.05) is 45.7 Å². The number of rotatable bonds is 1. The maximum atomic E-state index is 11.3. The number of hydrogen-bond donors (Lipinski definition) is 1. The normalized spacial score (nSPS) is 32.8. The van der Waals surface area contributed by atoms with Crippen LogP contribution in [0.5, 0.6) is 0 Å². The summed E-state index contributed by atoms with van der Waals surface area (Å²) in [7, 11) is 0. The van der Waals surface area contributed by atoms with E-state index in [0.29, 0.717) is 6.04 Å². The van der Waals surface area contributed by atoms with Crippen molar-refractivity contribution < 1.29 is 4.79 Å². The van der Waals surface area contributed by atoms with Crippen LogP contribution >= 0.6 is 0 Å². The summed E-state index contributed by atoms with van der Waals surface area (Å²) in [6, 6.07) is 0.673. The molecule has 2 atom stereocenters. The quantitative estimate of drug-likeness (QED) is 0.690. The van der Waals surface area contributed by atoms with E-state index in [1.807, 2.05) is 4.90 Å². The monoisotopic (exact) mass is 225 g/mol. The molecule has 2 aliphatic heterocycles. The molecule has 1 amide bonds. The van der Waals surface area contributed by atoms with Crippen LogP contribution < -0.4 is 5.32 Å². The molecule has 0 aromatic heterocycles. The molecule has 0 aromatic carbocycles. The van der Waals surface area contributed by atoms with Crippen molar-refractivity contribution in [3.05, 3.63) is 0 Å². The Bertz CT molecular complexity index is 257. The second-order valence-electron chi connectivity index (χ2n) is 5.10. The van der Waals surface area contributed by atoms with Crippen LogP contribution in [0.3, 0.4) is 0 Å². The highest BCUT2D eigenvalue weighted by atomic mass is 16.2. The van der Waals surface area contributed by atoms with Gasteiger partial charge in [0.25, 0.3) is 0 Å². The van der Waals surface area contributed by atoms with Gasteiger partial charge < -0.3 is 10.2 Å². The standard InChI is InChI=1S/C12H23N3O/c1-10-8-13-9-12(10)15-5-3-4-14(6-7-15)11(2)16/h10,12-13H,3-9H2,1-2H3/t10-,12+/m1/s1. The first kappa shape index (κ1) is 11.9. The minimum Gasteiger partial charge on any atom is -0.342 e. The maximum absolute atomic E-state index is 11.3. The Morgan fingerprint density at radius 2 is 2.00 bits per heavy atom. The molecule has 0 spiro atoms. The first-order valence-corrected chi connectivity index (χ1v) is 6.39. The minimum absolute atomic E-state index is 0.222. The first-order valence-electron chi connectivity index (χ1n) is 6.39. The second kappa shape index (κ2) is 5.15. The van der Waals surface area contributed by atoms with Crippen LogP contribution in [0.25, 0.3) is 0 Å². The van der Waals surface area contributed by atoms with Crippen LogP contribution in [0.4, 0.5) is 0 Å². The Morgan fingerprint density at radius 3 is 2.62 bits per heavy atom. The van der Waals surface area contributed by atoms with Crippen molar-refractivity contribution in [3.8, 4) is 0 Å². The Kier molecular flexibility index (Phi) is 3.82. The summed E-state index contributed by atoms with van der Waals surface area (Å²) in [6.07, 6.45) is 1.11. The summed E-state index contributed by atoms with van der Waals surface area (Å²) >= 11 is 0. The SMILES string of the molecule is CC(=O)N1CCCN([C@H]2CNC[C@H]2C)CC1. The van der Waals surface area contributed by atoms with E-state index in [0.717, 1.165) is 51.6 Å². The highest BCUT2D eigenvalue weighted by Crippen LogP contribution is 2.17. The fourth-order valence-corrected chi connectivity index (χ4v) is 2.87. The van der Waals surface area contributed by atoms with Crippen molar-refractivity contribution in [2.24, 2.45) is 5.92 Å². The number of hydrogen-bond acceptors (Lipinski definition) is 3. The van der Waals surface area contributed by atoms with Gasteiger partial charge in [-0.2, -0.15) is 0 Å². The predicted octanol–water partition coefficient (Wildman–Crippen LogP) is 0.149. The molecule has 4 nitrogen and oxygen atoms in total. The molecular weight excluding hydrogens is 202 g/mol. The Labute approximate surface area is 98.0 Å². The molecule has 2 fully saturated rings. The fraction of sp³-hybridized carbons (Fsp3) is 0.917. The van der Waals surface area contributed by atoms with E-state index >= 15 is 0 Å². The lowest BCUT2D eigenvalue weighted by atomic mass is 10.0. The third-order valence-corrected chi connectivity index (χ3v) is 3.92. The largest absolute Gasteiger partial charge is 0.342 e. The molecule has 0 unspecified atom stereocenters. The van der Waals surface area contributed by atoms with Gasteiger partial charge in [-0.1, -0.05) is 6.92 Å². The van der Waals surface area contributed by atoms with Crippen molar-refractivity contribution in [3.63, 3.8) is 0 Å². The van der Waals surface area contributed by atoms with Gasteiger partial charge >= 0.3 is 0 Å². The third-order valence-electron chi connectivity index (χ3n) is 3.92. The van der Waals surface area contributed by atoms with Crippen LogP contribution in [-0.4, -0.2) is 61.0 Å². The summed E-state index contributed by atoms with van der Waals surface area (Å²) in [6.45, 7) is 10.3. The molecule has 2 rings (SSSR count). The highest BCUT2D eigenvalue weighted by Gasteiger charge is 2.30. The Hall–Kier alpha value is -0.610. The maximum Gasteiger partial charge on any atom is 0.219 e. The van der Waals surface area contributed by atoms with Crippen LogP contribution in [-0.2, 0) is 4.79 Å². The average molecular weight is 225 g/mol. The van der Waals surface area contributed by atoms with Crippen LogP contribution in [0.2, 0.25) is 0 Å². The molecule has 16 heavy (non-hydrogen) atoms. The molecule has 0 saturated carbocycles. The zero-order valence-corrected chi connectivity index (χ0v) is 10.4. The van der Waals surface area contributed by atoms with Gasteiger partial charge in [0.05, 0.1) is 0 Å². The Balaban J connectivity index is 1.90. The van der Waals surface area contributed by atoms with Crippen LogP contribution in [0, 0.1) is 5.92 Å². The fourth-order valence-electron chi connectivity index (χ4n) is 2.87. The zero-order chi connectivity index (χ0) is 11.5. The molecule has 0 aromatic rings. The average Bonchev–Trinajstić information content (AvgIpc) is 2.54. The molecule has 0 bridgehead atoms. The van der Waals surface area contributed by atoms with Gasteiger partial charge in [-0.3, -0.25) is 9.69 Å². The van der Waals surface area contributed by atoms with E-state index < -0.39 is 0 Å². The summed E-state index contributed by atoms with van der Waals surface area (Å²) in [5.74, 6) is 0.961. The van der Waals surface area contributed by atoms with Gasteiger partial charge in [-0.25, -0.2) is 0 Å². The van der Waals surface area contributed by atoms with E-state index in [-0.39, 0.29) is 5.91 Å². The van der Waals surface area contributed by atoms with Gasteiger partial charge in [0.1, 0.15) is 0 Å². The summed E-state index contributed by atoms with van der Waals surface area (Å²) in [5.41, 5.74) is 0. The van der Waals surface area contributed by atoms with E-state index in [4.69, 9.17) is 0 Å². The van der Waals surface area contributed by atoms with Crippen LogP contribution in [0.15, 0.2) is 0 Å². The van der Waals surface area contributed by atoms with Crippen molar-refractivity contribution >= 4 is 5.91 Å². The lowest BCUT2D eigenvalue weighted by Gasteiger charge is -2.29. The van der Waals surface area contributed by atoms with E-state index in [1.165, 1.54) is 0 Å². The van der Waals surface area contributed by atoms with Gasteiger partial charge in [0.15, 0.2) is 0 Å². The van der Waals surface area contributed by atoms with E-state index in [2.05, 4.69) is 17.1 Å². The number of nitrogens with zero attached hydrogens (tertiary/aromatic N) is 2. The Morgan fingerprint density at radius 1 is 1.19 bits per heavy atom. The number of amides is 1. The highest BCUT2D eigenvalue weighted by molar-refractivity contribution is 5.73. The molecule has 4 heteroatoms. The summed E-state index contributed by atoms with van der Waals surface area (Å²) in [5, 5.41) is 3.45. The van der Waals surface area contributed by atoms with E-state index in [1.54, 1.807) is 6.92 Å². The van der Waals surface area contributed by atoms with Crippen molar-refractivity contribution in [1.82, 2.24) is 15.1 Å². The molecule has 92 valence electrons. The predicted molar refractivity (Wildman–Crippen MR) is 64.3 cm³/mol. The van der Waals surface area contributed by atoms with E-state index in [9.17, 15) is 4.79 Å². The molecular formula is C12H23N3O. The number of carbonyl (C=O) groups is 1. The van der Waals surface area contributed by atoms with Crippen molar-refractivity contribution in [2.75, 3.05) is 39.3 Å². The lowest BCUT2D eigenvalue weighted by molar-refractivity contribution is -0.128. The number of nitrogens with one attached hydrogen (secondary N) is 1. The number of carbonyl (C=O) groups excluding carboxylic acids is 1. The molecule has 0 aliphatic carbocycles. The lowest BCUT2D eigenvalue weighted by Crippen LogP contribution is -2.42. The molecule has 0 radical (unpaired) electrons.